The molecule has 1 rings (SSSR count). The molecular weight excluding hydrogens is 278 g/mol. The molecule has 0 aliphatic heterocycles. The molecule has 0 heterocycles. The molecule has 0 aromatic heterocycles. The highest BCUT2D eigenvalue weighted by atomic mass is 19.1. The number of anilines is 1. The number of carbonyl (C=O) groups is 1. The molecule has 0 saturated carbocycles. The summed E-state index contributed by atoms with van der Waals surface area (Å²) in [5.74, 6) is -2.25. The molecule has 21 heavy (non-hydrogen) atoms. The summed E-state index contributed by atoms with van der Waals surface area (Å²) in [6.45, 7) is 2.30. The molecular formula is C15H18F2N2O2. The summed E-state index contributed by atoms with van der Waals surface area (Å²) < 4.78 is 27.3. The van der Waals surface area contributed by atoms with Gasteiger partial charge in [-0.3, -0.25) is 4.79 Å². The maximum atomic E-state index is 13.6. The van der Waals surface area contributed by atoms with Gasteiger partial charge in [-0.2, -0.15) is 5.26 Å². The molecule has 0 aliphatic carbocycles. The molecule has 6 heteroatoms. The summed E-state index contributed by atoms with van der Waals surface area (Å²) in [4.78, 5) is 10.5. The van der Waals surface area contributed by atoms with Gasteiger partial charge in [0.15, 0.2) is 11.6 Å². The van der Waals surface area contributed by atoms with Crippen LogP contribution in [0.5, 0.6) is 0 Å². The second-order valence-corrected chi connectivity index (χ2v) is 4.85. The van der Waals surface area contributed by atoms with Crippen LogP contribution in [0.1, 0.15) is 38.2 Å². The maximum Gasteiger partial charge on any atom is 0.303 e. The summed E-state index contributed by atoms with van der Waals surface area (Å²) >= 11 is 0. The SMILES string of the molecule is CCC(CCNc1c(F)cc(C#N)cc1F)CCC(=O)O. The molecule has 0 fully saturated rings. The number of hydrogen-bond donors (Lipinski definition) is 2. The molecule has 0 spiro atoms. The van der Waals surface area contributed by atoms with Crippen LogP contribution in [0.2, 0.25) is 0 Å². The van der Waals surface area contributed by atoms with Gasteiger partial charge in [-0.15, -0.1) is 0 Å². The van der Waals surface area contributed by atoms with Crippen LogP contribution >= 0.6 is 0 Å². The van der Waals surface area contributed by atoms with Crippen LogP contribution in [0.25, 0.3) is 0 Å². The zero-order valence-electron chi connectivity index (χ0n) is 11.8. The highest BCUT2D eigenvalue weighted by molar-refractivity contribution is 5.66. The minimum Gasteiger partial charge on any atom is -0.481 e. The van der Waals surface area contributed by atoms with Crippen molar-refractivity contribution in [1.29, 1.82) is 5.26 Å². The molecule has 2 N–H and O–H groups in total. The predicted molar refractivity (Wildman–Crippen MR) is 74.8 cm³/mol. The first-order chi connectivity index (χ1) is 9.97. The largest absolute Gasteiger partial charge is 0.481 e. The van der Waals surface area contributed by atoms with E-state index in [0.717, 1.165) is 18.6 Å². The van der Waals surface area contributed by atoms with Crippen molar-refractivity contribution < 1.29 is 18.7 Å². The normalized spacial score (nSPS) is 11.7. The quantitative estimate of drug-likeness (QED) is 0.769. The minimum absolute atomic E-state index is 0.0663. The lowest BCUT2D eigenvalue weighted by atomic mass is 9.96. The van der Waals surface area contributed by atoms with Gasteiger partial charge in [0.25, 0.3) is 0 Å². The van der Waals surface area contributed by atoms with E-state index in [9.17, 15) is 13.6 Å². The molecule has 1 atom stereocenters. The third-order valence-corrected chi connectivity index (χ3v) is 3.37. The lowest BCUT2D eigenvalue weighted by Crippen LogP contribution is -2.12. The molecule has 1 aromatic carbocycles. The average molecular weight is 296 g/mol. The summed E-state index contributed by atoms with van der Waals surface area (Å²) in [7, 11) is 0. The van der Waals surface area contributed by atoms with Gasteiger partial charge in [-0.1, -0.05) is 13.3 Å². The summed E-state index contributed by atoms with van der Waals surface area (Å²) in [5, 5.41) is 19.9. The molecule has 0 saturated heterocycles. The second kappa shape index (κ2) is 8.20. The fourth-order valence-corrected chi connectivity index (χ4v) is 2.09. The van der Waals surface area contributed by atoms with Gasteiger partial charge in [0, 0.05) is 13.0 Å². The third kappa shape index (κ3) is 5.38. The Morgan fingerprint density at radius 2 is 2.00 bits per heavy atom. The number of carboxylic acids is 1. The number of nitrogens with one attached hydrogen (secondary N) is 1. The van der Waals surface area contributed by atoms with Gasteiger partial charge in [0.05, 0.1) is 11.6 Å². The summed E-state index contributed by atoms with van der Waals surface area (Å²) in [6, 6.07) is 3.64. The zero-order valence-corrected chi connectivity index (χ0v) is 11.8. The van der Waals surface area contributed by atoms with E-state index in [-0.39, 0.29) is 23.6 Å². The number of rotatable bonds is 8. The lowest BCUT2D eigenvalue weighted by molar-refractivity contribution is -0.137. The minimum atomic E-state index is -0.842. The number of aliphatic carboxylic acids is 1. The van der Waals surface area contributed by atoms with Crippen molar-refractivity contribution in [2.24, 2.45) is 5.92 Å². The molecule has 1 aromatic rings. The Balaban J connectivity index is 2.55. The number of benzene rings is 1. The number of hydrogen-bond acceptors (Lipinski definition) is 3. The van der Waals surface area contributed by atoms with E-state index >= 15 is 0 Å². The number of carboxylic acid groups (broad SMARTS) is 1. The molecule has 4 nitrogen and oxygen atoms in total. The molecule has 0 amide bonds. The van der Waals surface area contributed by atoms with Crippen LogP contribution in [0.3, 0.4) is 0 Å². The van der Waals surface area contributed by atoms with Crippen LogP contribution in [-0.4, -0.2) is 17.6 Å². The number of halogens is 2. The highest BCUT2D eigenvalue weighted by Gasteiger charge is 2.13. The van der Waals surface area contributed by atoms with Crippen LogP contribution in [0, 0.1) is 28.9 Å². The molecule has 0 aliphatic rings. The Kier molecular flexibility index (Phi) is 6.60. The van der Waals surface area contributed by atoms with Crippen molar-refractivity contribution >= 4 is 11.7 Å². The molecule has 0 bridgehead atoms. The zero-order chi connectivity index (χ0) is 15.8. The fraction of sp³-hybridized carbons (Fsp3) is 0.467. The van der Waals surface area contributed by atoms with Crippen LogP contribution in [0.4, 0.5) is 14.5 Å². The van der Waals surface area contributed by atoms with Gasteiger partial charge < -0.3 is 10.4 Å². The average Bonchev–Trinajstić information content (AvgIpc) is 2.44. The van der Waals surface area contributed by atoms with Crippen molar-refractivity contribution in [2.45, 2.75) is 32.6 Å². The van der Waals surface area contributed by atoms with Crippen LogP contribution in [-0.2, 0) is 4.79 Å². The van der Waals surface area contributed by atoms with Gasteiger partial charge in [-0.05, 0) is 30.9 Å². The molecule has 1 unspecified atom stereocenters. The van der Waals surface area contributed by atoms with Crippen LogP contribution in [0.15, 0.2) is 12.1 Å². The Morgan fingerprint density at radius 1 is 1.38 bits per heavy atom. The van der Waals surface area contributed by atoms with Gasteiger partial charge in [0.2, 0.25) is 0 Å². The van der Waals surface area contributed by atoms with Crippen molar-refractivity contribution in [3.63, 3.8) is 0 Å². The Hall–Kier alpha value is -2.16. The number of nitriles is 1. The van der Waals surface area contributed by atoms with Gasteiger partial charge in [0.1, 0.15) is 5.69 Å². The standard InChI is InChI=1S/C15H18F2N2O2/c1-2-10(3-4-14(20)21)5-6-19-15-12(16)7-11(9-18)8-13(15)17/h7-8,10,19H,2-6H2,1H3,(H,20,21). The number of nitrogens with zero attached hydrogens (tertiary/aromatic N) is 1. The first kappa shape index (κ1) is 16.9. The van der Waals surface area contributed by atoms with E-state index in [2.05, 4.69) is 5.32 Å². The smallest absolute Gasteiger partial charge is 0.303 e. The van der Waals surface area contributed by atoms with Crippen molar-refractivity contribution in [1.82, 2.24) is 0 Å². The molecule has 0 radical (unpaired) electrons. The monoisotopic (exact) mass is 296 g/mol. The van der Waals surface area contributed by atoms with E-state index in [1.54, 1.807) is 6.07 Å². The highest BCUT2D eigenvalue weighted by Crippen LogP contribution is 2.22. The topological polar surface area (TPSA) is 73.1 Å². The van der Waals surface area contributed by atoms with Crippen molar-refractivity contribution in [3.05, 3.63) is 29.3 Å². The first-order valence-corrected chi connectivity index (χ1v) is 6.82. The first-order valence-electron chi connectivity index (χ1n) is 6.82. The maximum absolute atomic E-state index is 13.6. The van der Waals surface area contributed by atoms with E-state index < -0.39 is 17.6 Å². The summed E-state index contributed by atoms with van der Waals surface area (Å²) in [6.07, 6.45) is 2.08. The lowest BCUT2D eigenvalue weighted by Gasteiger charge is -2.15. The van der Waals surface area contributed by atoms with Crippen molar-refractivity contribution in [3.8, 4) is 6.07 Å². The van der Waals surface area contributed by atoms with E-state index in [0.29, 0.717) is 19.4 Å². The predicted octanol–water partition coefficient (Wildman–Crippen LogP) is 3.53. The Morgan fingerprint density at radius 3 is 2.48 bits per heavy atom. The summed E-state index contributed by atoms with van der Waals surface area (Å²) in [5.41, 5.74) is -0.314. The molecule has 114 valence electrons. The Bertz CT molecular complexity index is 518. The fourth-order valence-electron chi connectivity index (χ4n) is 2.09. The van der Waals surface area contributed by atoms with Crippen LogP contribution < -0.4 is 5.32 Å². The van der Waals surface area contributed by atoms with E-state index in [1.165, 1.54) is 0 Å². The van der Waals surface area contributed by atoms with E-state index in [1.807, 2.05) is 6.92 Å². The Labute approximate surface area is 122 Å². The second-order valence-electron chi connectivity index (χ2n) is 4.85. The van der Waals surface area contributed by atoms with Gasteiger partial charge in [-0.25, -0.2) is 8.78 Å². The van der Waals surface area contributed by atoms with Crippen molar-refractivity contribution in [2.75, 3.05) is 11.9 Å². The van der Waals surface area contributed by atoms with E-state index in [4.69, 9.17) is 10.4 Å². The van der Waals surface area contributed by atoms with Gasteiger partial charge >= 0.3 is 5.97 Å². The third-order valence-electron chi connectivity index (χ3n) is 3.37.